The number of hydrogen-bond acceptors (Lipinski definition) is 6. The normalized spacial score (nSPS) is 19.6. The third kappa shape index (κ3) is 5.71. The highest BCUT2D eigenvalue weighted by Crippen LogP contribution is 2.54. The summed E-state index contributed by atoms with van der Waals surface area (Å²) < 4.78 is 81.9. The Morgan fingerprint density at radius 1 is 0.870 bits per heavy atom. The molecule has 0 bridgehead atoms. The molecule has 3 aromatic carbocycles. The molecule has 1 aromatic heterocycles. The summed E-state index contributed by atoms with van der Waals surface area (Å²) in [6, 6.07) is 14.3. The second-order valence-corrected chi connectivity index (χ2v) is 12.9. The molecule has 4 aromatic rings. The van der Waals surface area contributed by atoms with Gasteiger partial charge in [-0.15, -0.1) is 0 Å². The summed E-state index contributed by atoms with van der Waals surface area (Å²) >= 11 is 7.57. The number of carbonyl (C=O) groups excluding carboxylic acids is 3. The summed E-state index contributed by atoms with van der Waals surface area (Å²) in [5, 5.41) is 1.48. The van der Waals surface area contributed by atoms with Crippen molar-refractivity contribution in [3.8, 4) is 0 Å². The highest BCUT2D eigenvalue weighted by atomic mass is 35.5. The number of aromatic nitrogens is 1. The molecular formula is C30H18ClF6N3O4S2. The number of rotatable bonds is 5. The van der Waals surface area contributed by atoms with Crippen LogP contribution in [-0.2, 0) is 33.3 Å². The summed E-state index contributed by atoms with van der Waals surface area (Å²) in [6.45, 7) is -0.714. The molecule has 7 nitrogen and oxygen atoms in total. The van der Waals surface area contributed by atoms with E-state index in [4.69, 9.17) is 11.6 Å². The number of amides is 3. The summed E-state index contributed by atoms with van der Waals surface area (Å²) in [4.78, 5) is 54.3. The van der Waals surface area contributed by atoms with Gasteiger partial charge in [0.1, 0.15) is 11.8 Å². The van der Waals surface area contributed by atoms with Gasteiger partial charge in [0, 0.05) is 15.8 Å². The molecular weight excluding hydrogens is 680 g/mol. The molecule has 1 N–H and O–H groups in total. The minimum atomic E-state index is -4.76. The predicted octanol–water partition coefficient (Wildman–Crippen LogP) is 7.04. The largest absolute Gasteiger partial charge is 0.418 e. The van der Waals surface area contributed by atoms with Crippen LogP contribution in [0.2, 0.25) is 5.02 Å². The first kappa shape index (κ1) is 31.9. The molecule has 3 atom stereocenters. The van der Waals surface area contributed by atoms with Gasteiger partial charge in [-0.2, -0.15) is 26.3 Å². The van der Waals surface area contributed by atoms with Gasteiger partial charge < -0.3 is 5.32 Å². The predicted molar refractivity (Wildman–Crippen MR) is 159 cm³/mol. The molecule has 16 heteroatoms. The lowest BCUT2D eigenvalue weighted by molar-refractivity contribution is -0.138. The molecule has 3 unspecified atom stereocenters. The molecule has 0 radical (unpaired) electrons. The van der Waals surface area contributed by atoms with Crippen LogP contribution in [0.3, 0.4) is 0 Å². The van der Waals surface area contributed by atoms with Crippen molar-refractivity contribution in [1.82, 2.24) is 4.57 Å². The smallest absolute Gasteiger partial charge is 0.324 e. The zero-order valence-electron chi connectivity index (χ0n) is 22.9. The minimum Gasteiger partial charge on any atom is -0.324 e. The van der Waals surface area contributed by atoms with Gasteiger partial charge in [-0.1, -0.05) is 65.0 Å². The van der Waals surface area contributed by atoms with E-state index in [9.17, 15) is 45.5 Å². The SMILES string of the molecule is O=C(Cn1c2c(sc1=O)C(c1ccc(Cl)cc1)C1C(=O)N(c3cccc(C(F)(F)F)c3)C(=O)C1S2)Nc1ccccc1C(F)(F)F. The average molecular weight is 698 g/mol. The van der Waals surface area contributed by atoms with E-state index in [2.05, 4.69) is 5.32 Å². The molecule has 2 aliphatic heterocycles. The third-order valence-electron chi connectivity index (χ3n) is 7.52. The van der Waals surface area contributed by atoms with Gasteiger partial charge in [0.15, 0.2) is 0 Å². The molecule has 0 spiro atoms. The topological polar surface area (TPSA) is 88.5 Å². The van der Waals surface area contributed by atoms with Crippen LogP contribution in [0.25, 0.3) is 0 Å². The van der Waals surface area contributed by atoms with E-state index in [1.807, 2.05) is 0 Å². The van der Waals surface area contributed by atoms with Crippen LogP contribution < -0.4 is 15.1 Å². The van der Waals surface area contributed by atoms with Crippen LogP contribution in [0.4, 0.5) is 37.7 Å². The van der Waals surface area contributed by atoms with E-state index >= 15 is 0 Å². The van der Waals surface area contributed by atoms with E-state index < -0.39 is 75.4 Å². The van der Waals surface area contributed by atoms with Gasteiger partial charge in [-0.05, 0) is 48.0 Å². The fourth-order valence-corrected chi connectivity index (χ4v) is 8.43. The lowest BCUT2D eigenvalue weighted by atomic mass is 9.83. The molecule has 238 valence electrons. The van der Waals surface area contributed by atoms with Crippen molar-refractivity contribution in [3.05, 3.63) is 109 Å². The molecule has 3 amide bonds. The van der Waals surface area contributed by atoms with Crippen molar-refractivity contribution >= 4 is 63.8 Å². The van der Waals surface area contributed by atoms with Crippen LogP contribution in [0.15, 0.2) is 82.6 Å². The van der Waals surface area contributed by atoms with Crippen LogP contribution in [0.1, 0.15) is 27.5 Å². The van der Waals surface area contributed by atoms with Gasteiger partial charge in [-0.3, -0.25) is 23.7 Å². The molecule has 0 saturated carbocycles. The second kappa shape index (κ2) is 11.6. The highest BCUT2D eigenvalue weighted by Gasteiger charge is 2.57. The number of hydrogen-bond donors (Lipinski definition) is 1. The van der Waals surface area contributed by atoms with Crippen molar-refractivity contribution in [2.75, 3.05) is 10.2 Å². The Hall–Kier alpha value is -4.08. The van der Waals surface area contributed by atoms with E-state index in [-0.39, 0.29) is 10.7 Å². The number of thiazole rings is 1. The second-order valence-electron chi connectivity index (χ2n) is 10.4. The Kier molecular flexibility index (Phi) is 8.05. The van der Waals surface area contributed by atoms with Crippen LogP contribution >= 0.6 is 34.7 Å². The number of alkyl halides is 6. The number of benzene rings is 3. The summed E-state index contributed by atoms with van der Waals surface area (Å²) in [6.07, 6.45) is -9.50. The lowest BCUT2D eigenvalue weighted by Gasteiger charge is -2.30. The first-order valence-electron chi connectivity index (χ1n) is 13.3. The van der Waals surface area contributed by atoms with Gasteiger partial charge in [0.2, 0.25) is 17.7 Å². The van der Waals surface area contributed by atoms with E-state index in [0.717, 1.165) is 46.7 Å². The zero-order chi connectivity index (χ0) is 33.1. The number of para-hydroxylation sites is 1. The molecule has 2 aliphatic rings. The van der Waals surface area contributed by atoms with Gasteiger partial charge in [0.05, 0.1) is 33.4 Å². The third-order valence-corrected chi connectivity index (χ3v) is 10.4. The number of nitrogens with one attached hydrogen (secondary N) is 1. The quantitative estimate of drug-likeness (QED) is 0.179. The van der Waals surface area contributed by atoms with Crippen molar-refractivity contribution in [3.63, 3.8) is 0 Å². The standard InChI is InChI=1S/C30H18ClF6N3O4S2/c31-16-10-8-14(9-11-16)21-22-23(26(43)40(25(22)42)17-5-3-4-15(12-17)29(32,33)34)45-27-24(21)46-28(44)39(27)13-20(41)38-19-7-2-1-6-18(19)30(35,36)37/h1-12,21-23H,13H2,(H,38,41). The average Bonchev–Trinajstić information content (AvgIpc) is 3.43. The molecule has 1 fully saturated rings. The molecule has 46 heavy (non-hydrogen) atoms. The summed E-state index contributed by atoms with van der Waals surface area (Å²) in [5.41, 5.74) is -2.47. The number of thioether (sulfide) groups is 1. The van der Waals surface area contributed by atoms with Crippen molar-refractivity contribution in [2.45, 2.75) is 35.1 Å². The molecule has 3 heterocycles. The zero-order valence-corrected chi connectivity index (χ0v) is 25.2. The molecule has 1 saturated heterocycles. The van der Waals surface area contributed by atoms with Gasteiger partial charge in [-0.25, -0.2) is 4.90 Å². The van der Waals surface area contributed by atoms with E-state index in [1.165, 1.54) is 24.3 Å². The van der Waals surface area contributed by atoms with Crippen LogP contribution in [-0.4, -0.2) is 27.5 Å². The highest BCUT2D eigenvalue weighted by molar-refractivity contribution is 8.00. The monoisotopic (exact) mass is 697 g/mol. The van der Waals surface area contributed by atoms with Crippen molar-refractivity contribution in [1.29, 1.82) is 0 Å². The number of anilines is 2. The number of imide groups is 1. The number of halogens is 7. The first-order chi connectivity index (χ1) is 21.6. The Bertz CT molecular complexity index is 1940. The summed E-state index contributed by atoms with van der Waals surface area (Å²) in [7, 11) is 0. The number of carbonyl (C=O) groups is 3. The van der Waals surface area contributed by atoms with Crippen LogP contribution in [0, 0.1) is 5.92 Å². The Balaban J connectivity index is 1.40. The number of fused-ring (bicyclic) bond motifs is 2. The Labute approximate surface area is 268 Å². The number of nitrogens with zero attached hydrogens (tertiary/aromatic N) is 2. The fourth-order valence-electron chi connectivity index (χ4n) is 5.53. The minimum absolute atomic E-state index is 0.141. The van der Waals surface area contributed by atoms with E-state index in [0.29, 0.717) is 37.8 Å². The molecule has 0 aliphatic carbocycles. The van der Waals surface area contributed by atoms with Crippen LogP contribution in [0.5, 0.6) is 0 Å². The maximum atomic E-state index is 13.9. The maximum Gasteiger partial charge on any atom is 0.418 e. The fraction of sp³-hybridized carbons (Fsp3) is 0.200. The van der Waals surface area contributed by atoms with Gasteiger partial charge >= 0.3 is 17.2 Å². The van der Waals surface area contributed by atoms with Crippen molar-refractivity contribution in [2.24, 2.45) is 5.92 Å². The van der Waals surface area contributed by atoms with E-state index in [1.54, 1.807) is 12.1 Å². The summed E-state index contributed by atoms with van der Waals surface area (Å²) in [5.74, 6) is -4.62. The maximum absolute atomic E-state index is 13.9. The van der Waals surface area contributed by atoms with Crippen molar-refractivity contribution < 1.29 is 40.7 Å². The molecule has 6 rings (SSSR count). The Morgan fingerprint density at radius 2 is 1.57 bits per heavy atom. The van der Waals surface area contributed by atoms with Gasteiger partial charge in [0.25, 0.3) is 0 Å². The first-order valence-corrected chi connectivity index (χ1v) is 15.4. The Morgan fingerprint density at radius 3 is 2.24 bits per heavy atom. The lowest BCUT2D eigenvalue weighted by Crippen LogP contribution is -2.33.